The van der Waals surface area contributed by atoms with E-state index in [2.05, 4.69) is 26.3 Å². The van der Waals surface area contributed by atoms with Gasteiger partial charge in [0.15, 0.2) is 0 Å². The highest BCUT2D eigenvalue weighted by Crippen LogP contribution is 2.22. The molecule has 8 heteroatoms. The van der Waals surface area contributed by atoms with Crippen molar-refractivity contribution < 1.29 is 19.2 Å². The van der Waals surface area contributed by atoms with Crippen LogP contribution in [-0.4, -0.2) is 47.2 Å². The van der Waals surface area contributed by atoms with Gasteiger partial charge in [-0.25, -0.2) is 9.78 Å². The van der Waals surface area contributed by atoms with E-state index in [1.807, 2.05) is 39.8 Å². The number of oxime groups is 2. The Bertz CT molecular complexity index is 1090. The van der Waals surface area contributed by atoms with Gasteiger partial charge in [-0.15, -0.1) is 0 Å². The summed E-state index contributed by atoms with van der Waals surface area (Å²) < 4.78 is 5.03. The number of pyridine rings is 2. The van der Waals surface area contributed by atoms with E-state index < -0.39 is 5.97 Å². The predicted octanol–water partition coefficient (Wildman–Crippen LogP) is 4.79. The van der Waals surface area contributed by atoms with Crippen LogP contribution in [0.3, 0.4) is 0 Å². The molecule has 1 aliphatic rings. The number of hydrogen-bond donors (Lipinski definition) is 0. The van der Waals surface area contributed by atoms with Gasteiger partial charge in [-0.05, 0) is 70.2 Å². The first kappa shape index (κ1) is 25.3. The van der Waals surface area contributed by atoms with E-state index in [1.54, 1.807) is 19.9 Å². The standard InChI is InChI=1S/C26H34N4O4/c1-7-32-25(31)22-14-11-17(2)23(28-22)19(4)29-33-15-26(5,6)16-34-30-21-10-8-9-20-13-12-18(3)27-24(20)21/h11-14H,7-10,15-16H2,1-6H3. The Hall–Kier alpha value is -3.29. The lowest BCUT2D eigenvalue weighted by Crippen LogP contribution is -2.25. The maximum atomic E-state index is 12.0. The van der Waals surface area contributed by atoms with Crippen molar-refractivity contribution in [2.45, 2.75) is 60.8 Å². The molecule has 0 saturated heterocycles. The van der Waals surface area contributed by atoms with E-state index in [1.165, 1.54) is 5.56 Å². The third-order valence-electron chi connectivity index (χ3n) is 5.46. The third kappa shape index (κ3) is 6.62. The second-order valence-corrected chi connectivity index (χ2v) is 9.32. The summed E-state index contributed by atoms with van der Waals surface area (Å²) in [6.45, 7) is 12.5. The molecule has 182 valence electrons. The van der Waals surface area contributed by atoms with E-state index in [4.69, 9.17) is 14.4 Å². The number of fused-ring (bicyclic) bond motifs is 1. The second kappa shape index (κ2) is 11.2. The average molecular weight is 467 g/mol. The van der Waals surface area contributed by atoms with Crippen LogP contribution in [0.2, 0.25) is 0 Å². The minimum Gasteiger partial charge on any atom is -0.461 e. The zero-order valence-corrected chi connectivity index (χ0v) is 21.0. The fourth-order valence-corrected chi connectivity index (χ4v) is 3.58. The minimum absolute atomic E-state index is 0.249. The topological polar surface area (TPSA) is 95.3 Å². The first-order valence-electron chi connectivity index (χ1n) is 11.7. The molecule has 3 rings (SSSR count). The summed E-state index contributed by atoms with van der Waals surface area (Å²) in [6.07, 6.45) is 2.93. The molecular formula is C26H34N4O4. The number of aromatic nitrogens is 2. The number of carbonyl (C=O) groups excluding carboxylic acids is 1. The maximum absolute atomic E-state index is 12.0. The van der Waals surface area contributed by atoms with E-state index in [0.29, 0.717) is 31.2 Å². The maximum Gasteiger partial charge on any atom is 0.356 e. The summed E-state index contributed by atoms with van der Waals surface area (Å²) in [6, 6.07) is 7.64. The molecule has 8 nitrogen and oxygen atoms in total. The second-order valence-electron chi connectivity index (χ2n) is 9.32. The Labute approximate surface area is 201 Å². The van der Waals surface area contributed by atoms with Gasteiger partial charge >= 0.3 is 5.97 Å². The van der Waals surface area contributed by atoms with E-state index in [9.17, 15) is 4.79 Å². The van der Waals surface area contributed by atoms with Gasteiger partial charge in [0.25, 0.3) is 0 Å². The van der Waals surface area contributed by atoms with Crippen molar-refractivity contribution in [3.05, 3.63) is 58.2 Å². The molecule has 0 aromatic carbocycles. The van der Waals surface area contributed by atoms with Crippen molar-refractivity contribution in [2.75, 3.05) is 19.8 Å². The molecule has 1 aliphatic carbocycles. The Morgan fingerprint density at radius 2 is 1.82 bits per heavy atom. The summed E-state index contributed by atoms with van der Waals surface area (Å²) in [7, 11) is 0. The van der Waals surface area contributed by atoms with Crippen LogP contribution < -0.4 is 0 Å². The Morgan fingerprint density at radius 1 is 1.06 bits per heavy atom. The van der Waals surface area contributed by atoms with Crippen molar-refractivity contribution in [3.63, 3.8) is 0 Å². The molecule has 2 heterocycles. The molecule has 2 aromatic rings. The molecule has 34 heavy (non-hydrogen) atoms. The van der Waals surface area contributed by atoms with E-state index >= 15 is 0 Å². The van der Waals surface area contributed by atoms with Gasteiger partial charge in [-0.3, -0.25) is 4.98 Å². The summed E-state index contributed by atoms with van der Waals surface area (Å²) in [5.74, 6) is -0.455. The number of ether oxygens (including phenoxy) is 1. The summed E-state index contributed by atoms with van der Waals surface area (Å²) >= 11 is 0. The van der Waals surface area contributed by atoms with Crippen molar-refractivity contribution in [3.8, 4) is 0 Å². The lowest BCUT2D eigenvalue weighted by molar-refractivity contribution is -0.000163. The molecule has 2 aromatic heterocycles. The van der Waals surface area contributed by atoms with Gasteiger partial charge in [-0.2, -0.15) is 0 Å². The molecule has 0 amide bonds. The normalized spacial score (nSPS) is 15.1. The largest absolute Gasteiger partial charge is 0.461 e. The highest BCUT2D eigenvalue weighted by molar-refractivity contribution is 6.00. The van der Waals surface area contributed by atoms with Crippen molar-refractivity contribution in [1.29, 1.82) is 0 Å². The van der Waals surface area contributed by atoms with Crippen molar-refractivity contribution in [2.24, 2.45) is 15.7 Å². The average Bonchev–Trinajstić information content (AvgIpc) is 2.79. The molecular weight excluding hydrogens is 432 g/mol. The van der Waals surface area contributed by atoms with Crippen LogP contribution >= 0.6 is 0 Å². The zero-order valence-electron chi connectivity index (χ0n) is 21.0. The van der Waals surface area contributed by atoms with Crippen LogP contribution in [0.25, 0.3) is 0 Å². The third-order valence-corrected chi connectivity index (χ3v) is 5.46. The molecule has 0 spiro atoms. The van der Waals surface area contributed by atoms with Gasteiger partial charge in [0, 0.05) is 11.1 Å². The molecule has 0 radical (unpaired) electrons. The fraction of sp³-hybridized carbons (Fsp3) is 0.500. The zero-order chi connectivity index (χ0) is 24.7. The van der Waals surface area contributed by atoms with Gasteiger partial charge < -0.3 is 14.4 Å². The Kier molecular flexibility index (Phi) is 8.36. The van der Waals surface area contributed by atoms with Crippen LogP contribution in [0.15, 0.2) is 34.6 Å². The molecule has 0 unspecified atom stereocenters. The van der Waals surface area contributed by atoms with Crippen molar-refractivity contribution >= 4 is 17.4 Å². The lowest BCUT2D eigenvalue weighted by Gasteiger charge is -2.22. The number of esters is 1. The highest BCUT2D eigenvalue weighted by atomic mass is 16.6. The van der Waals surface area contributed by atoms with Gasteiger partial charge in [0.2, 0.25) is 0 Å². The lowest BCUT2D eigenvalue weighted by atomic mass is 9.94. The monoisotopic (exact) mass is 466 g/mol. The van der Waals surface area contributed by atoms with Crippen LogP contribution in [0.1, 0.15) is 79.2 Å². The van der Waals surface area contributed by atoms with Crippen LogP contribution in [-0.2, 0) is 20.8 Å². The molecule has 0 aliphatic heterocycles. The Balaban J connectivity index is 1.59. The first-order valence-corrected chi connectivity index (χ1v) is 11.7. The first-order chi connectivity index (χ1) is 16.2. The quantitative estimate of drug-likeness (QED) is 0.299. The van der Waals surface area contributed by atoms with E-state index in [0.717, 1.165) is 41.9 Å². The fourth-order valence-electron chi connectivity index (χ4n) is 3.58. The minimum atomic E-state index is -0.455. The van der Waals surface area contributed by atoms with Gasteiger partial charge in [0.1, 0.15) is 30.3 Å². The van der Waals surface area contributed by atoms with Crippen LogP contribution in [0.4, 0.5) is 0 Å². The molecule has 0 bridgehead atoms. The highest BCUT2D eigenvalue weighted by Gasteiger charge is 2.22. The molecule has 0 N–H and O–H groups in total. The summed E-state index contributed by atoms with van der Waals surface area (Å²) in [5.41, 5.74) is 6.07. The van der Waals surface area contributed by atoms with Crippen LogP contribution in [0, 0.1) is 19.3 Å². The SMILES string of the molecule is CCOC(=O)c1ccc(C)c(C(C)=NOCC(C)(C)CON=C2CCCc3ccc(C)nc32)n1. The number of carbonyl (C=O) groups is 1. The predicted molar refractivity (Wildman–Crippen MR) is 131 cm³/mol. The number of aryl methyl sites for hydroxylation is 3. The number of nitrogens with zero attached hydrogens (tertiary/aromatic N) is 4. The molecule has 0 fully saturated rings. The van der Waals surface area contributed by atoms with E-state index in [-0.39, 0.29) is 11.1 Å². The van der Waals surface area contributed by atoms with Crippen LogP contribution in [0.5, 0.6) is 0 Å². The number of rotatable bonds is 9. The summed E-state index contributed by atoms with van der Waals surface area (Å²) in [4.78, 5) is 32.4. The summed E-state index contributed by atoms with van der Waals surface area (Å²) in [5, 5.41) is 8.63. The van der Waals surface area contributed by atoms with Gasteiger partial charge in [0.05, 0.1) is 18.0 Å². The smallest absolute Gasteiger partial charge is 0.356 e. The number of hydrogen-bond acceptors (Lipinski definition) is 8. The van der Waals surface area contributed by atoms with Gasteiger partial charge in [-0.1, -0.05) is 36.3 Å². The molecule has 0 saturated carbocycles. The van der Waals surface area contributed by atoms with Crippen molar-refractivity contribution in [1.82, 2.24) is 9.97 Å². The molecule has 0 atom stereocenters. The Morgan fingerprint density at radius 3 is 2.59 bits per heavy atom.